The SMILES string of the molecule is COC[C@@H](N)CC(C)C.[H-].[Na+]. The number of methoxy groups -OCH3 is 1. The predicted molar refractivity (Wildman–Crippen MR) is 40.4 cm³/mol. The first-order valence-corrected chi connectivity index (χ1v) is 3.41. The number of rotatable bonds is 4. The summed E-state index contributed by atoms with van der Waals surface area (Å²) in [7, 11) is 1.68. The van der Waals surface area contributed by atoms with Crippen LogP contribution < -0.4 is 35.3 Å². The van der Waals surface area contributed by atoms with Crippen molar-refractivity contribution >= 4 is 0 Å². The van der Waals surface area contributed by atoms with Crippen molar-refractivity contribution in [1.82, 2.24) is 0 Å². The van der Waals surface area contributed by atoms with Gasteiger partial charge in [-0.05, 0) is 12.3 Å². The molecule has 58 valence electrons. The van der Waals surface area contributed by atoms with Gasteiger partial charge in [0.2, 0.25) is 0 Å². The van der Waals surface area contributed by atoms with Crippen LogP contribution in [-0.4, -0.2) is 19.8 Å². The molecular formula is C7H18NNaO. The molecule has 0 rings (SSSR count). The van der Waals surface area contributed by atoms with E-state index in [0.29, 0.717) is 12.5 Å². The average Bonchev–Trinajstić information content (AvgIpc) is 1.63. The Bertz CT molecular complexity index is 73.5. The van der Waals surface area contributed by atoms with Crippen molar-refractivity contribution in [2.75, 3.05) is 13.7 Å². The Morgan fingerprint density at radius 3 is 2.30 bits per heavy atom. The molecule has 10 heavy (non-hydrogen) atoms. The molecule has 0 bridgehead atoms. The van der Waals surface area contributed by atoms with Gasteiger partial charge in [0.1, 0.15) is 0 Å². The topological polar surface area (TPSA) is 35.2 Å². The molecule has 0 radical (unpaired) electrons. The molecule has 0 saturated carbocycles. The third kappa shape index (κ3) is 8.92. The molecule has 1 atom stereocenters. The van der Waals surface area contributed by atoms with Crippen molar-refractivity contribution in [2.24, 2.45) is 11.7 Å². The Balaban J connectivity index is -0.000000320. The molecule has 2 N–H and O–H groups in total. The minimum Gasteiger partial charge on any atom is -1.00 e. The van der Waals surface area contributed by atoms with Crippen molar-refractivity contribution < 1.29 is 35.7 Å². The monoisotopic (exact) mass is 155 g/mol. The van der Waals surface area contributed by atoms with Gasteiger partial charge in [-0.25, -0.2) is 0 Å². The molecule has 3 heteroatoms. The van der Waals surface area contributed by atoms with Gasteiger partial charge in [-0.15, -0.1) is 0 Å². The number of hydrogen-bond acceptors (Lipinski definition) is 2. The minimum absolute atomic E-state index is 0. The molecule has 0 aromatic heterocycles. The first-order chi connectivity index (χ1) is 4.16. The largest absolute Gasteiger partial charge is 1.00 e. The van der Waals surface area contributed by atoms with Gasteiger partial charge < -0.3 is 11.9 Å². The molecule has 0 aromatic rings. The molecule has 0 fully saturated rings. The minimum atomic E-state index is 0. The Hall–Kier alpha value is 0.920. The van der Waals surface area contributed by atoms with Crippen LogP contribution in [0.4, 0.5) is 0 Å². The van der Waals surface area contributed by atoms with Crippen molar-refractivity contribution in [3.8, 4) is 0 Å². The zero-order valence-corrected chi connectivity index (χ0v) is 9.55. The maximum absolute atomic E-state index is 5.66. The van der Waals surface area contributed by atoms with Crippen LogP contribution in [0, 0.1) is 5.92 Å². The Kier molecular flexibility index (Phi) is 10.8. The van der Waals surface area contributed by atoms with Gasteiger partial charge in [0, 0.05) is 13.2 Å². The summed E-state index contributed by atoms with van der Waals surface area (Å²) in [6.45, 7) is 5.00. The molecule has 0 amide bonds. The summed E-state index contributed by atoms with van der Waals surface area (Å²) in [5.41, 5.74) is 5.66. The smallest absolute Gasteiger partial charge is 1.00 e. The summed E-state index contributed by atoms with van der Waals surface area (Å²) >= 11 is 0. The second-order valence-corrected chi connectivity index (χ2v) is 2.84. The number of ether oxygens (including phenoxy) is 1. The van der Waals surface area contributed by atoms with Gasteiger partial charge in [0.15, 0.2) is 0 Å². The average molecular weight is 155 g/mol. The molecule has 0 spiro atoms. The van der Waals surface area contributed by atoms with E-state index in [1.165, 1.54) is 0 Å². The molecule has 0 unspecified atom stereocenters. The van der Waals surface area contributed by atoms with Gasteiger partial charge in [0.05, 0.1) is 6.61 Å². The van der Waals surface area contributed by atoms with Gasteiger partial charge in [-0.1, -0.05) is 13.8 Å². The molecule has 0 aromatic carbocycles. The maximum Gasteiger partial charge on any atom is 1.00 e. The molecular weight excluding hydrogens is 137 g/mol. The number of hydrogen-bond donors (Lipinski definition) is 1. The van der Waals surface area contributed by atoms with Gasteiger partial charge in [0.25, 0.3) is 0 Å². The van der Waals surface area contributed by atoms with Crippen LogP contribution in [-0.2, 0) is 4.74 Å². The van der Waals surface area contributed by atoms with E-state index in [4.69, 9.17) is 10.5 Å². The van der Waals surface area contributed by atoms with E-state index < -0.39 is 0 Å². The van der Waals surface area contributed by atoms with E-state index in [1.807, 2.05) is 0 Å². The fourth-order valence-corrected chi connectivity index (χ4v) is 0.888. The van der Waals surface area contributed by atoms with Crippen LogP contribution >= 0.6 is 0 Å². The van der Waals surface area contributed by atoms with Crippen LogP contribution in [0.15, 0.2) is 0 Å². The summed E-state index contributed by atoms with van der Waals surface area (Å²) in [5, 5.41) is 0. The molecule has 0 heterocycles. The quantitative estimate of drug-likeness (QED) is 0.482. The van der Waals surface area contributed by atoms with Gasteiger partial charge >= 0.3 is 29.6 Å². The fraction of sp³-hybridized carbons (Fsp3) is 1.00. The summed E-state index contributed by atoms with van der Waals surface area (Å²) in [5.74, 6) is 0.676. The maximum atomic E-state index is 5.66. The second-order valence-electron chi connectivity index (χ2n) is 2.84. The van der Waals surface area contributed by atoms with E-state index in [0.717, 1.165) is 6.42 Å². The van der Waals surface area contributed by atoms with E-state index >= 15 is 0 Å². The van der Waals surface area contributed by atoms with E-state index in [9.17, 15) is 0 Å². The van der Waals surface area contributed by atoms with E-state index in [1.54, 1.807) is 7.11 Å². The van der Waals surface area contributed by atoms with Gasteiger partial charge in [-0.3, -0.25) is 0 Å². The third-order valence-electron chi connectivity index (χ3n) is 1.15. The standard InChI is InChI=1S/C7H17NO.Na.H/c1-6(2)4-7(8)5-9-3;;/h6-7H,4-5,8H2,1-3H3;;/q;+1;-1/t7-;;/m0../s1. The molecule has 0 saturated heterocycles. The molecule has 2 nitrogen and oxygen atoms in total. The first-order valence-electron chi connectivity index (χ1n) is 3.41. The Labute approximate surface area is 87.3 Å². The van der Waals surface area contributed by atoms with Gasteiger partial charge in [-0.2, -0.15) is 0 Å². The van der Waals surface area contributed by atoms with Crippen molar-refractivity contribution in [3.63, 3.8) is 0 Å². The molecule has 0 aliphatic rings. The fourth-order valence-electron chi connectivity index (χ4n) is 0.888. The van der Waals surface area contributed by atoms with Crippen molar-refractivity contribution in [3.05, 3.63) is 0 Å². The normalized spacial score (nSPS) is 12.9. The summed E-state index contributed by atoms with van der Waals surface area (Å²) < 4.78 is 4.88. The Morgan fingerprint density at radius 1 is 1.50 bits per heavy atom. The first kappa shape index (κ1) is 13.5. The number of nitrogens with two attached hydrogens (primary N) is 1. The van der Waals surface area contributed by atoms with Crippen LogP contribution in [0.5, 0.6) is 0 Å². The van der Waals surface area contributed by atoms with Crippen molar-refractivity contribution in [2.45, 2.75) is 26.3 Å². The zero-order chi connectivity index (χ0) is 7.28. The molecule has 0 aliphatic carbocycles. The summed E-state index contributed by atoms with van der Waals surface area (Å²) in [6, 6.07) is 0.218. The third-order valence-corrected chi connectivity index (χ3v) is 1.15. The molecule has 0 aliphatic heterocycles. The Morgan fingerprint density at radius 2 is 2.00 bits per heavy atom. The summed E-state index contributed by atoms with van der Waals surface area (Å²) in [6.07, 6.45) is 1.05. The van der Waals surface area contributed by atoms with Crippen LogP contribution in [0.1, 0.15) is 21.7 Å². The van der Waals surface area contributed by atoms with E-state index in [2.05, 4.69) is 13.8 Å². The van der Waals surface area contributed by atoms with Crippen LogP contribution in [0.3, 0.4) is 0 Å². The zero-order valence-electron chi connectivity index (χ0n) is 8.55. The predicted octanol–water partition coefficient (Wildman–Crippen LogP) is -1.88. The van der Waals surface area contributed by atoms with Crippen molar-refractivity contribution in [1.29, 1.82) is 0 Å². The second kappa shape index (κ2) is 8.02. The van der Waals surface area contributed by atoms with Crippen LogP contribution in [0.25, 0.3) is 0 Å². The van der Waals surface area contributed by atoms with Crippen LogP contribution in [0.2, 0.25) is 0 Å². The summed E-state index contributed by atoms with van der Waals surface area (Å²) in [4.78, 5) is 0. The van der Waals surface area contributed by atoms with E-state index in [-0.39, 0.29) is 37.0 Å².